The molecule has 10 heteroatoms. The summed E-state index contributed by atoms with van der Waals surface area (Å²) in [6.07, 6.45) is 4.39. The first-order chi connectivity index (χ1) is 15.0. The average Bonchev–Trinajstić information content (AvgIpc) is 2.78. The van der Waals surface area contributed by atoms with Crippen LogP contribution in [-0.4, -0.2) is 39.1 Å². The molecule has 0 unspecified atom stereocenters. The zero-order valence-corrected chi connectivity index (χ0v) is 17.0. The molecule has 0 saturated carbocycles. The third-order valence-corrected chi connectivity index (χ3v) is 5.03. The summed E-state index contributed by atoms with van der Waals surface area (Å²) in [6.45, 7) is 3.31. The number of benzene rings is 1. The van der Waals surface area contributed by atoms with Gasteiger partial charge in [0.05, 0.1) is 6.20 Å². The van der Waals surface area contributed by atoms with Crippen molar-refractivity contribution in [3.63, 3.8) is 0 Å². The van der Waals surface area contributed by atoms with Crippen LogP contribution >= 0.6 is 0 Å². The van der Waals surface area contributed by atoms with Crippen LogP contribution in [0.3, 0.4) is 0 Å². The first-order valence-electron chi connectivity index (χ1n) is 9.99. The fraction of sp³-hybridized carbons (Fsp3) is 0.333. The number of anilines is 2. The Balaban J connectivity index is 1.38. The lowest BCUT2D eigenvalue weighted by atomic mass is 10.1. The Morgan fingerprint density at radius 2 is 1.94 bits per heavy atom. The van der Waals surface area contributed by atoms with E-state index in [1.54, 1.807) is 12.1 Å². The van der Waals surface area contributed by atoms with E-state index in [-0.39, 0.29) is 23.7 Å². The molecule has 1 aliphatic rings. The van der Waals surface area contributed by atoms with E-state index in [2.05, 4.69) is 24.8 Å². The molecular formula is C21H22F2N6O2. The van der Waals surface area contributed by atoms with Gasteiger partial charge in [0.2, 0.25) is 5.88 Å². The van der Waals surface area contributed by atoms with Crippen LogP contribution in [0.4, 0.5) is 20.4 Å². The number of halogens is 2. The van der Waals surface area contributed by atoms with Crippen LogP contribution < -0.4 is 20.1 Å². The van der Waals surface area contributed by atoms with Gasteiger partial charge in [-0.2, -0.15) is 4.98 Å². The van der Waals surface area contributed by atoms with E-state index >= 15 is 0 Å². The van der Waals surface area contributed by atoms with E-state index in [0.29, 0.717) is 44.0 Å². The molecule has 4 rings (SSSR count). The second-order valence-corrected chi connectivity index (χ2v) is 7.11. The summed E-state index contributed by atoms with van der Waals surface area (Å²) in [4.78, 5) is 18.2. The number of hydrogen-bond donors (Lipinski definition) is 1. The molecule has 1 fully saturated rings. The number of ether oxygens (including phenoxy) is 2. The van der Waals surface area contributed by atoms with Gasteiger partial charge in [-0.3, -0.25) is 0 Å². The third kappa shape index (κ3) is 4.96. The molecule has 0 amide bonds. The van der Waals surface area contributed by atoms with Gasteiger partial charge >= 0.3 is 6.01 Å². The second kappa shape index (κ2) is 9.07. The fourth-order valence-corrected chi connectivity index (χ4v) is 3.37. The zero-order chi connectivity index (χ0) is 21.8. The standard InChI is InChI=1S/C21H22F2N6O2/c1-2-13-9-14(22)3-4-17(13)31-19-10-18(26-12-27-19)29-7-5-15(6-8-29)30-21-25-11-16(23)20(24)28-21/h3-4,9-12,15H,2,5-8H2,1H3,(H2,24,25,28). The highest BCUT2D eigenvalue weighted by Crippen LogP contribution is 2.28. The molecule has 8 nitrogen and oxygen atoms in total. The monoisotopic (exact) mass is 428 g/mol. The van der Waals surface area contributed by atoms with Crippen molar-refractivity contribution < 1.29 is 18.3 Å². The van der Waals surface area contributed by atoms with E-state index in [1.807, 2.05) is 6.92 Å². The Hall–Kier alpha value is -3.56. The highest BCUT2D eigenvalue weighted by Gasteiger charge is 2.23. The van der Waals surface area contributed by atoms with Gasteiger partial charge in [-0.25, -0.2) is 23.7 Å². The summed E-state index contributed by atoms with van der Waals surface area (Å²) < 4.78 is 38.3. The summed E-state index contributed by atoms with van der Waals surface area (Å²) in [6, 6.07) is 6.25. The van der Waals surface area contributed by atoms with Crippen LogP contribution in [0.2, 0.25) is 0 Å². The quantitative estimate of drug-likeness (QED) is 0.637. The minimum Gasteiger partial charge on any atom is -0.460 e. The average molecular weight is 428 g/mol. The van der Waals surface area contributed by atoms with Crippen molar-refractivity contribution in [1.82, 2.24) is 19.9 Å². The maximum absolute atomic E-state index is 13.5. The third-order valence-electron chi connectivity index (χ3n) is 5.03. The number of aryl methyl sites for hydroxylation is 1. The number of rotatable bonds is 6. The lowest BCUT2D eigenvalue weighted by Gasteiger charge is -2.32. The van der Waals surface area contributed by atoms with Gasteiger partial charge in [0.1, 0.15) is 29.8 Å². The topological polar surface area (TPSA) is 99.3 Å². The Morgan fingerprint density at radius 1 is 1.13 bits per heavy atom. The molecule has 1 saturated heterocycles. The van der Waals surface area contributed by atoms with Crippen molar-refractivity contribution in [1.29, 1.82) is 0 Å². The van der Waals surface area contributed by atoms with Crippen molar-refractivity contribution in [2.45, 2.75) is 32.3 Å². The van der Waals surface area contributed by atoms with Gasteiger partial charge in [-0.1, -0.05) is 6.92 Å². The molecule has 0 atom stereocenters. The summed E-state index contributed by atoms with van der Waals surface area (Å²) >= 11 is 0. The van der Waals surface area contributed by atoms with Crippen LogP contribution in [0.25, 0.3) is 0 Å². The van der Waals surface area contributed by atoms with E-state index in [0.717, 1.165) is 17.6 Å². The summed E-state index contributed by atoms with van der Waals surface area (Å²) in [5, 5.41) is 0. The van der Waals surface area contributed by atoms with Crippen LogP contribution in [0.15, 0.2) is 36.8 Å². The predicted octanol–water partition coefficient (Wildman–Crippen LogP) is 3.53. The highest BCUT2D eigenvalue weighted by molar-refractivity contribution is 5.43. The summed E-state index contributed by atoms with van der Waals surface area (Å²) in [5.41, 5.74) is 6.23. The maximum Gasteiger partial charge on any atom is 0.318 e. The Bertz CT molecular complexity index is 1060. The Labute approximate surface area is 178 Å². The molecule has 2 N–H and O–H groups in total. The molecule has 31 heavy (non-hydrogen) atoms. The number of hydrogen-bond acceptors (Lipinski definition) is 8. The molecule has 0 aliphatic carbocycles. The van der Waals surface area contributed by atoms with Crippen LogP contribution in [0.5, 0.6) is 17.6 Å². The number of nitrogens with zero attached hydrogens (tertiary/aromatic N) is 5. The SMILES string of the molecule is CCc1cc(F)ccc1Oc1cc(N2CCC(Oc3ncc(F)c(N)n3)CC2)ncn1. The molecule has 1 aliphatic heterocycles. The lowest BCUT2D eigenvalue weighted by Crippen LogP contribution is -2.39. The molecule has 0 spiro atoms. The molecular weight excluding hydrogens is 406 g/mol. The van der Waals surface area contributed by atoms with Crippen molar-refractivity contribution in [3.8, 4) is 17.6 Å². The summed E-state index contributed by atoms with van der Waals surface area (Å²) in [7, 11) is 0. The van der Waals surface area contributed by atoms with Gasteiger partial charge < -0.3 is 20.1 Å². The van der Waals surface area contributed by atoms with Crippen LogP contribution in [-0.2, 0) is 6.42 Å². The predicted molar refractivity (Wildman–Crippen MR) is 110 cm³/mol. The zero-order valence-electron chi connectivity index (χ0n) is 17.0. The Morgan fingerprint density at radius 3 is 2.68 bits per heavy atom. The second-order valence-electron chi connectivity index (χ2n) is 7.11. The van der Waals surface area contributed by atoms with Crippen LogP contribution in [0, 0.1) is 11.6 Å². The highest BCUT2D eigenvalue weighted by atomic mass is 19.1. The minimum atomic E-state index is -0.671. The molecule has 2 aromatic heterocycles. The first-order valence-corrected chi connectivity index (χ1v) is 9.99. The molecule has 3 heterocycles. The van der Waals surface area contributed by atoms with Gasteiger partial charge in [-0.05, 0) is 30.2 Å². The fourth-order valence-electron chi connectivity index (χ4n) is 3.37. The van der Waals surface area contributed by atoms with Crippen molar-refractivity contribution in [3.05, 3.63) is 54.0 Å². The molecule has 0 radical (unpaired) electrons. The van der Waals surface area contributed by atoms with Crippen molar-refractivity contribution in [2.24, 2.45) is 0 Å². The van der Waals surface area contributed by atoms with E-state index < -0.39 is 5.82 Å². The maximum atomic E-state index is 13.5. The van der Waals surface area contributed by atoms with Crippen molar-refractivity contribution in [2.75, 3.05) is 23.7 Å². The van der Waals surface area contributed by atoms with E-state index in [4.69, 9.17) is 15.2 Å². The largest absolute Gasteiger partial charge is 0.460 e. The molecule has 1 aromatic carbocycles. The van der Waals surface area contributed by atoms with Gasteiger partial charge in [0, 0.05) is 32.0 Å². The first kappa shape index (κ1) is 20.7. The van der Waals surface area contributed by atoms with Gasteiger partial charge in [0.15, 0.2) is 11.6 Å². The number of aromatic nitrogens is 4. The minimum absolute atomic E-state index is 0.0705. The Kier molecular flexibility index (Phi) is 6.06. The van der Waals surface area contributed by atoms with Gasteiger partial charge in [0.25, 0.3) is 0 Å². The van der Waals surface area contributed by atoms with Crippen molar-refractivity contribution >= 4 is 11.6 Å². The molecule has 3 aromatic rings. The number of nitrogens with two attached hydrogens (primary N) is 1. The van der Waals surface area contributed by atoms with E-state index in [1.165, 1.54) is 18.5 Å². The number of piperidine rings is 1. The summed E-state index contributed by atoms with van der Waals surface area (Å²) in [5.74, 6) is 0.482. The normalized spacial score (nSPS) is 14.5. The molecule has 162 valence electrons. The molecule has 0 bridgehead atoms. The van der Waals surface area contributed by atoms with Gasteiger partial charge in [-0.15, -0.1) is 0 Å². The smallest absolute Gasteiger partial charge is 0.318 e. The number of nitrogen functional groups attached to an aromatic ring is 1. The van der Waals surface area contributed by atoms with Crippen LogP contribution in [0.1, 0.15) is 25.3 Å². The lowest BCUT2D eigenvalue weighted by molar-refractivity contribution is 0.156. The van der Waals surface area contributed by atoms with E-state index in [9.17, 15) is 8.78 Å².